The van der Waals surface area contributed by atoms with Crippen LogP contribution >= 0.6 is 27.5 Å². The Morgan fingerprint density at radius 2 is 2.50 bits per heavy atom. The van der Waals surface area contributed by atoms with E-state index in [-0.39, 0.29) is 0 Å². The van der Waals surface area contributed by atoms with Gasteiger partial charge in [-0.3, -0.25) is 0 Å². The second-order valence-corrected chi connectivity index (χ2v) is 2.47. The van der Waals surface area contributed by atoms with Crippen molar-refractivity contribution in [2.45, 2.75) is 5.33 Å². The van der Waals surface area contributed by atoms with Crippen molar-refractivity contribution in [2.75, 3.05) is 0 Å². The Morgan fingerprint density at radius 1 is 1.75 bits per heavy atom. The van der Waals surface area contributed by atoms with E-state index in [0.29, 0.717) is 0 Å². The fraction of sp³-hybridized carbons (Fsp3) is 0.200. The molecule has 1 heterocycles. The van der Waals surface area contributed by atoms with Crippen molar-refractivity contribution in [3.8, 4) is 0 Å². The molecule has 44 valence electrons. The number of nitrogens with one attached hydrogen (secondary N) is 1. The van der Waals surface area contributed by atoms with E-state index in [4.69, 9.17) is 11.6 Å². The van der Waals surface area contributed by atoms with Gasteiger partial charge in [0, 0.05) is 17.2 Å². The van der Waals surface area contributed by atoms with E-state index in [2.05, 4.69) is 20.9 Å². The van der Waals surface area contributed by atoms with Crippen LogP contribution in [0.5, 0.6) is 0 Å². The van der Waals surface area contributed by atoms with Crippen molar-refractivity contribution in [2.24, 2.45) is 0 Å². The average Bonchev–Trinajstić information content (AvgIpc) is 2.14. The van der Waals surface area contributed by atoms with Crippen molar-refractivity contribution in [1.29, 1.82) is 0 Å². The second kappa shape index (κ2) is 2.55. The molecule has 0 aromatic carbocycles. The highest BCUT2D eigenvalue weighted by Crippen LogP contribution is 2.11. The molecule has 1 rings (SSSR count). The zero-order valence-electron chi connectivity index (χ0n) is 4.12. The van der Waals surface area contributed by atoms with Gasteiger partial charge in [0.1, 0.15) is 0 Å². The highest BCUT2D eigenvalue weighted by molar-refractivity contribution is 9.08. The van der Waals surface area contributed by atoms with Crippen LogP contribution in [0.15, 0.2) is 12.3 Å². The van der Waals surface area contributed by atoms with E-state index in [1.807, 2.05) is 6.07 Å². The molecule has 0 amide bonds. The topological polar surface area (TPSA) is 15.8 Å². The van der Waals surface area contributed by atoms with Crippen LogP contribution in [0, 0.1) is 0 Å². The molecule has 0 unspecified atom stereocenters. The molecular formula is C5H5BrClN. The van der Waals surface area contributed by atoms with Gasteiger partial charge in [-0.2, -0.15) is 0 Å². The van der Waals surface area contributed by atoms with Gasteiger partial charge in [0.2, 0.25) is 0 Å². The molecule has 0 spiro atoms. The zero-order chi connectivity index (χ0) is 5.98. The molecule has 0 aliphatic carbocycles. The van der Waals surface area contributed by atoms with Gasteiger partial charge < -0.3 is 4.98 Å². The highest BCUT2D eigenvalue weighted by Gasteiger charge is 1.90. The molecule has 0 saturated carbocycles. The van der Waals surface area contributed by atoms with Crippen molar-refractivity contribution in [3.63, 3.8) is 0 Å². The third kappa shape index (κ3) is 1.26. The molecule has 0 radical (unpaired) electrons. The number of aromatic amines is 1. The third-order valence-electron chi connectivity index (χ3n) is 0.852. The van der Waals surface area contributed by atoms with Crippen LogP contribution in [-0.2, 0) is 5.33 Å². The Morgan fingerprint density at radius 3 is 2.75 bits per heavy atom. The summed E-state index contributed by atoms with van der Waals surface area (Å²) < 4.78 is 0. The van der Waals surface area contributed by atoms with Crippen LogP contribution in [0.4, 0.5) is 0 Å². The molecule has 8 heavy (non-hydrogen) atoms. The first-order valence-electron chi connectivity index (χ1n) is 2.21. The van der Waals surface area contributed by atoms with Gasteiger partial charge in [0.25, 0.3) is 0 Å². The van der Waals surface area contributed by atoms with Crippen LogP contribution in [0.1, 0.15) is 5.69 Å². The maximum absolute atomic E-state index is 5.59. The number of H-pyrrole nitrogens is 1. The molecule has 1 aromatic heterocycles. The molecule has 0 atom stereocenters. The minimum atomic E-state index is 0.763. The molecule has 0 fully saturated rings. The molecule has 0 bridgehead atoms. The summed E-state index contributed by atoms with van der Waals surface area (Å²) >= 11 is 8.87. The van der Waals surface area contributed by atoms with Crippen molar-refractivity contribution < 1.29 is 0 Å². The predicted molar refractivity (Wildman–Crippen MR) is 38.4 cm³/mol. The minimum absolute atomic E-state index is 0.763. The quantitative estimate of drug-likeness (QED) is 0.662. The Balaban J connectivity index is 2.84. The number of alkyl halides is 1. The summed E-state index contributed by atoms with van der Waals surface area (Å²) in [7, 11) is 0. The lowest BCUT2D eigenvalue weighted by atomic mass is 10.5. The van der Waals surface area contributed by atoms with E-state index in [1.165, 1.54) is 0 Å². The second-order valence-electron chi connectivity index (χ2n) is 1.48. The van der Waals surface area contributed by atoms with Crippen LogP contribution < -0.4 is 0 Å². The molecule has 0 aliphatic heterocycles. The normalized spacial score (nSPS) is 9.75. The summed E-state index contributed by atoms with van der Waals surface area (Å²) in [6.07, 6.45) is 1.76. The van der Waals surface area contributed by atoms with Crippen molar-refractivity contribution in [1.82, 2.24) is 4.98 Å². The van der Waals surface area contributed by atoms with E-state index in [0.717, 1.165) is 16.0 Å². The highest BCUT2D eigenvalue weighted by atomic mass is 79.9. The van der Waals surface area contributed by atoms with Crippen molar-refractivity contribution in [3.05, 3.63) is 23.0 Å². The Kier molecular flexibility index (Phi) is 1.97. The molecule has 0 aliphatic rings. The largest absolute Gasteiger partial charge is 0.363 e. The lowest BCUT2D eigenvalue weighted by molar-refractivity contribution is 1.25. The minimum Gasteiger partial charge on any atom is -0.363 e. The molecule has 3 heteroatoms. The van der Waals surface area contributed by atoms with Crippen LogP contribution in [-0.4, -0.2) is 4.98 Å². The summed E-state index contributed by atoms with van der Waals surface area (Å²) in [5.74, 6) is 0. The smallest absolute Gasteiger partial charge is 0.0583 e. The predicted octanol–water partition coefficient (Wildman–Crippen LogP) is 2.56. The first-order chi connectivity index (χ1) is 3.83. The van der Waals surface area contributed by atoms with Gasteiger partial charge in [-0.1, -0.05) is 27.5 Å². The maximum Gasteiger partial charge on any atom is 0.0583 e. The lowest BCUT2D eigenvalue weighted by Crippen LogP contribution is -1.69. The summed E-state index contributed by atoms with van der Waals surface area (Å²) in [5.41, 5.74) is 1.11. The van der Waals surface area contributed by atoms with E-state index < -0.39 is 0 Å². The van der Waals surface area contributed by atoms with Crippen molar-refractivity contribution >= 4 is 27.5 Å². The molecule has 1 nitrogen and oxygen atoms in total. The molecule has 1 aromatic rings. The Bertz CT molecular complexity index is 173. The van der Waals surface area contributed by atoms with E-state index >= 15 is 0 Å². The first kappa shape index (κ1) is 6.17. The molecular weight excluding hydrogens is 189 g/mol. The maximum atomic E-state index is 5.59. The average molecular weight is 194 g/mol. The number of aromatic nitrogens is 1. The Labute approximate surface area is 61.2 Å². The fourth-order valence-electron chi connectivity index (χ4n) is 0.489. The van der Waals surface area contributed by atoms with E-state index in [9.17, 15) is 0 Å². The van der Waals surface area contributed by atoms with Crippen LogP contribution in [0.3, 0.4) is 0 Å². The van der Waals surface area contributed by atoms with Gasteiger partial charge in [-0.25, -0.2) is 0 Å². The Hall–Kier alpha value is 0.0500. The standard InChI is InChI=1S/C5H5BrClN/c6-2-5-1-4(7)3-8-5/h1,3,8H,2H2. The first-order valence-corrected chi connectivity index (χ1v) is 3.71. The van der Waals surface area contributed by atoms with Gasteiger partial charge in [0.15, 0.2) is 0 Å². The number of rotatable bonds is 1. The summed E-state index contributed by atoms with van der Waals surface area (Å²) in [6, 6.07) is 1.89. The van der Waals surface area contributed by atoms with Crippen LogP contribution in [0.2, 0.25) is 5.02 Å². The van der Waals surface area contributed by atoms with Gasteiger partial charge in [-0.05, 0) is 6.07 Å². The number of hydrogen-bond acceptors (Lipinski definition) is 0. The number of halogens is 2. The molecule has 1 N–H and O–H groups in total. The van der Waals surface area contributed by atoms with Crippen LogP contribution in [0.25, 0.3) is 0 Å². The summed E-state index contributed by atoms with van der Waals surface area (Å²) in [6.45, 7) is 0. The monoisotopic (exact) mass is 193 g/mol. The van der Waals surface area contributed by atoms with Gasteiger partial charge in [0.05, 0.1) is 5.02 Å². The van der Waals surface area contributed by atoms with E-state index in [1.54, 1.807) is 6.20 Å². The van der Waals surface area contributed by atoms with Gasteiger partial charge in [-0.15, -0.1) is 0 Å². The zero-order valence-corrected chi connectivity index (χ0v) is 6.46. The number of hydrogen-bond donors (Lipinski definition) is 1. The SMILES string of the molecule is Clc1c[nH]c(CBr)c1. The molecule has 0 saturated heterocycles. The lowest BCUT2D eigenvalue weighted by Gasteiger charge is -1.79. The summed E-state index contributed by atoms with van der Waals surface area (Å²) in [4.78, 5) is 2.98. The summed E-state index contributed by atoms with van der Waals surface area (Å²) in [5, 5.41) is 1.60. The fourth-order valence-corrected chi connectivity index (χ4v) is 0.999. The third-order valence-corrected chi connectivity index (χ3v) is 1.67. The van der Waals surface area contributed by atoms with Gasteiger partial charge >= 0.3 is 0 Å².